The Kier molecular flexibility index (Phi) is 5.02. The minimum absolute atomic E-state index is 0.663. The molecule has 0 atom stereocenters. The van der Waals surface area contributed by atoms with E-state index in [9.17, 15) is 9.90 Å². The summed E-state index contributed by atoms with van der Waals surface area (Å²) in [4.78, 5) is 22.2. The zero-order chi connectivity index (χ0) is 22.4. The summed E-state index contributed by atoms with van der Waals surface area (Å²) in [5.74, 6) is 0.0729. The Morgan fingerprint density at radius 1 is 1.12 bits per heavy atom. The van der Waals surface area contributed by atoms with Crippen LogP contribution in [0.3, 0.4) is 0 Å². The van der Waals surface area contributed by atoms with E-state index in [4.69, 9.17) is 9.97 Å². The van der Waals surface area contributed by atoms with Crippen molar-refractivity contribution < 1.29 is 9.90 Å². The number of benzene rings is 1. The van der Waals surface area contributed by atoms with Gasteiger partial charge in [0.05, 0.1) is 6.54 Å². The molecule has 160 valence electrons. The highest BCUT2D eigenvalue weighted by Crippen LogP contribution is 2.37. The fourth-order valence-electron chi connectivity index (χ4n) is 4.42. The molecule has 1 N–H and O–H groups in total. The molecule has 0 radical (unpaired) electrons. The number of nitrogens with zero attached hydrogens (tertiary/aromatic N) is 3. The Hall–Kier alpha value is -3.51. The van der Waals surface area contributed by atoms with Crippen LogP contribution in [0.25, 0.3) is 28.9 Å². The van der Waals surface area contributed by atoms with Crippen LogP contribution in [0.1, 0.15) is 51.1 Å². The molecule has 6 heteroatoms. The summed E-state index contributed by atoms with van der Waals surface area (Å²) in [6, 6.07) is 10.3. The molecule has 0 saturated carbocycles. The number of aromatic nitrogens is 3. The van der Waals surface area contributed by atoms with Gasteiger partial charge in [0.15, 0.2) is 5.65 Å². The Balaban J connectivity index is 1.62. The van der Waals surface area contributed by atoms with E-state index in [2.05, 4.69) is 48.8 Å². The van der Waals surface area contributed by atoms with Gasteiger partial charge in [-0.25, -0.2) is 14.8 Å². The molecule has 1 aliphatic carbocycles. The average molecular weight is 442 g/mol. The number of aryl methyl sites for hydroxylation is 3. The van der Waals surface area contributed by atoms with Crippen LogP contribution in [0.4, 0.5) is 0 Å². The standard InChI is InChI=1S/C26H23N3O2S/c1-4-23-28-25-15(2)11-16(3)27-26(25)29(23)14-17-5-7-19-18(12-17)6-8-22-20(9-10-32-22)21(19)13-24(30)31/h5-13H,4,14H2,1-3H3,(H,30,31). The second kappa shape index (κ2) is 7.88. The van der Waals surface area contributed by atoms with Gasteiger partial charge in [0.2, 0.25) is 0 Å². The van der Waals surface area contributed by atoms with Gasteiger partial charge in [-0.15, -0.1) is 11.3 Å². The topological polar surface area (TPSA) is 68.0 Å². The molecule has 5 rings (SSSR count). The van der Waals surface area contributed by atoms with Gasteiger partial charge >= 0.3 is 5.97 Å². The first-order valence-corrected chi connectivity index (χ1v) is 11.5. The van der Waals surface area contributed by atoms with Crippen molar-refractivity contribution in [1.29, 1.82) is 0 Å². The predicted molar refractivity (Wildman–Crippen MR) is 130 cm³/mol. The van der Waals surface area contributed by atoms with Crippen molar-refractivity contribution in [1.82, 2.24) is 14.5 Å². The molecule has 32 heavy (non-hydrogen) atoms. The molecule has 0 bridgehead atoms. The van der Waals surface area contributed by atoms with Crippen LogP contribution < -0.4 is 0 Å². The lowest BCUT2D eigenvalue weighted by Crippen LogP contribution is -2.06. The zero-order valence-corrected chi connectivity index (χ0v) is 19.0. The summed E-state index contributed by atoms with van der Waals surface area (Å²) >= 11 is 1.62. The Labute approximate surface area is 190 Å². The number of rotatable bonds is 4. The number of hydrogen-bond donors (Lipinski definition) is 1. The molecule has 0 saturated heterocycles. The van der Waals surface area contributed by atoms with Crippen LogP contribution in [-0.4, -0.2) is 25.6 Å². The normalized spacial score (nSPS) is 13.9. The Morgan fingerprint density at radius 2 is 1.97 bits per heavy atom. The van der Waals surface area contributed by atoms with Crippen LogP contribution in [0, 0.1) is 13.8 Å². The predicted octanol–water partition coefficient (Wildman–Crippen LogP) is 5.72. The van der Waals surface area contributed by atoms with Crippen molar-refractivity contribution in [2.45, 2.75) is 33.7 Å². The molecular weight excluding hydrogens is 418 g/mol. The number of carboxylic acids is 1. The van der Waals surface area contributed by atoms with Gasteiger partial charge in [-0.3, -0.25) is 0 Å². The first-order valence-electron chi connectivity index (χ1n) is 10.6. The van der Waals surface area contributed by atoms with Crippen molar-refractivity contribution >= 4 is 46.2 Å². The molecular formula is C26H23N3O2S. The van der Waals surface area contributed by atoms with Gasteiger partial charge in [0.1, 0.15) is 11.3 Å². The third-order valence-corrected chi connectivity index (χ3v) is 6.71. The van der Waals surface area contributed by atoms with Crippen LogP contribution >= 0.6 is 11.3 Å². The number of imidazole rings is 1. The highest BCUT2D eigenvalue weighted by molar-refractivity contribution is 7.11. The number of thiophene rings is 1. The summed E-state index contributed by atoms with van der Waals surface area (Å²) in [7, 11) is 0. The summed E-state index contributed by atoms with van der Waals surface area (Å²) in [6.07, 6.45) is 6.29. The molecule has 0 aliphatic heterocycles. The summed E-state index contributed by atoms with van der Waals surface area (Å²) < 4.78 is 2.20. The summed E-state index contributed by atoms with van der Waals surface area (Å²) in [5, 5.41) is 11.5. The SMILES string of the molecule is CCc1nc2c(C)cc(C)nc2n1Cc1ccc2c(c1)C=Cc1sccc1C2=CC(=O)O. The second-order valence-corrected chi connectivity index (χ2v) is 9.02. The van der Waals surface area contributed by atoms with Crippen LogP contribution in [0.5, 0.6) is 0 Å². The highest BCUT2D eigenvalue weighted by Gasteiger charge is 2.19. The Bertz CT molecular complexity index is 1440. The molecule has 1 aromatic carbocycles. The smallest absolute Gasteiger partial charge is 0.328 e. The minimum atomic E-state index is -0.941. The van der Waals surface area contributed by atoms with Gasteiger partial charge in [-0.1, -0.05) is 25.1 Å². The molecule has 0 spiro atoms. The van der Waals surface area contributed by atoms with Gasteiger partial charge in [-0.2, -0.15) is 0 Å². The molecule has 1 aliphatic rings. The summed E-state index contributed by atoms with van der Waals surface area (Å²) in [6.45, 7) is 6.87. The van der Waals surface area contributed by atoms with E-state index >= 15 is 0 Å². The summed E-state index contributed by atoms with van der Waals surface area (Å²) in [5.41, 5.74) is 8.78. The molecule has 3 aromatic heterocycles. The maximum absolute atomic E-state index is 11.5. The number of pyridine rings is 1. The van der Waals surface area contributed by atoms with Crippen LogP contribution in [-0.2, 0) is 17.8 Å². The van der Waals surface area contributed by atoms with Crippen LogP contribution in [0.15, 0.2) is 41.8 Å². The lowest BCUT2D eigenvalue weighted by molar-refractivity contribution is -0.131. The van der Waals surface area contributed by atoms with E-state index in [1.54, 1.807) is 11.3 Å². The third kappa shape index (κ3) is 3.46. The molecule has 0 fully saturated rings. The largest absolute Gasteiger partial charge is 0.478 e. The zero-order valence-electron chi connectivity index (χ0n) is 18.2. The fraction of sp³-hybridized carbons (Fsp3) is 0.192. The van der Waals surface area contributed by atoms with E-state index in [1.165, 1.54) is 6.08 Å². The van der Waals surface area contributed by atoms with Crippen molar-refractivity contribution in [3.8, 4) is 0 Å². The lowest BCUT2D eigenvalue weighted by Gasteiger charge is -2.13. The molecule has 4 aromatic rings. The van der Waals surface area contributed by atoms with Crippen molar-refractivity contribution in [2.24, 2.45) is 0 Å². The molecule has 5 nitrogen and oxygen atoms in total. The van der Waals surface area contributed by atoms with Gasteiger partial charge in [0, 0.05) is 28.6 Å². The number of hydrogen-bond acceptors (Lipinski definition) is 4. The van der Waals surface area contributed by atoms with Crippen molar-refractivity contribution in [3.05, 3.63) is 86.0 Å². The first-order chi connectivity index (χ1) is 15.4. The van der Waals surface area contributed by atoms with E-state index in [-0.39, 0.29) is 0 Å². The number of fused-ring (bicyclic) bond motifs is 3. The van der Waals surface area contributed by atoms with E-state index < -0.39 is 5.97 Å². The fourth-order valence-corrected chi connectivity index (χ4v) is 5.23. The van der Waals surface area contributed by atoms with Crippen LogP contribution in [0.2, 0.25) is 0 Å². The monoisotopic (exact) mass is 441 g/mol. The van der Waals surface area contributed by atoms with Gasteiger partial charge in [-0.05, 0) is 71.3 Å². The van der Waals surface area contributed by atoms with Gasteiger partial charge < -0.3 is 9.67 Å². The third-order valence-electron chi connectivity index (χ3n) is 5.83. The second-order valence-electron chi connectivity index (χ2n) is 8.07. The first kappa shape index (κ1) is 20.4. The lowest BCUT2D eigenvalue weighted by atomic mass is 9.94. The van der Waals surface area contributed by atoms with E-state index in [1.807, 2.05) is 24.4 Å². The quantitative estimate of drug-likeness (QED) is 0.362. The van der Waals surface area contributed by atoms with Gasteiger partial charge in [0.25, 0.3) is 0 Å². The molecule has 3 heterocycles. The minimum Gasteiger partial charge on any atom is -0.478 e. The number of carbonyl (C=O) groups is 1. The molecule has 0 amide bonds. The highest BCUT2D eigenvalue weighted by atomic mass is 32.1. The van der Waals surface area contributed by atoms with Crippen molar-refractivity contribution in [2.75, 3.05) is 0 Å². The molecule has 0 unspecified atom stereocenters. The number of aliphatic carboxylic acids is 1. The maximum Gasteiger partial charge on any atom is 0.328 e. The maximum atomic E-state index is 11.5. The number of carboxylic acid groups (broad SMARTS) is 1. The Morgan fingerprint density at radius 3 is 2.75 bits per heavy atom. The van der Waals surface area contributed by atoms with E-state index in [0.29, 0.717) is 6.54 Å². The van der Waals surface area contributed by atoms with Crippen molar-refractivity contribution in [3.63, 3.8) is 0 Å². The van der Waals surface area contributed by atoms with E-state index in [0.717, 1.165) is 67.4 Å². The average Bonchev–Trinajstić information content (AvgIpc) is 3.32.